The summed E-state index contributed by atoms with van der Waals surface area (Å²) >= 11 is 1.31. The van der Waals surface area contributed by atoms with E-state index in [4.69, 9.17) is 4.74 Å². The molecule has 86 valence electrons. The van der Waals surface area contributed by atoms with E-state index < -0.39 is 0 Å². The molecule has 0 aromatic heterocycles. The highest BCUT2D eigenvalue weighted by atomic mass is 32.2. The van der Waals surface area contributed by atoms with E-state index in [1.54, 1.807) is 4.90 Å². The van der Waals surface area contributed by atoms with Gasteiger partial charge in [0, 0.05) is 18.8 Å². The van der Waals surface area contributed by atoms with Gasteiger partial charge in [-0.3, -0.25) is 9.59 Å². The fourth-order valence-electron chi connectivity index (χ4n) is 1.26. The lowest BCUT2D eigenvalue weighted by Crippen LogP contribution is -2.26. The van der Waals surface area contributed by atoms with Crippen molar-refractivity contribution in [1.82, 2.24) is 4.90 Å². The molecule has 0 saturated carbocycles. The highest BCUT2D eigenvalue weighted by Gasteiger charge is 2.21. The smallest absolute Gasteiger partial charge is 0.307 e. The van der Waals surface area contributed by atoms with Crippen LogP contribution < -0.4 is 0 Å². The maximum atomic E-state index is 11.2. The zero-order valence-electron chi connectivity index (χ0n) is 9.03. The van der Waals surface area contributed by atoms with Crippen molar-refractivity contribution in [1.29, 1.82) is 0 Å². The molecule has 0 bridgehead atoms. The van der Waals surface area contributed by atoms with E-state index in [0.717, 1.165) is 25.1 Å². The summed E-state index contributed by atoms with van der Waals surface area (Å²) in [6.07, 6.45) is 2.24. The first kappa shape index (κ1) is 12.4. The minimum Gasteiger partial charge on any atom is -0.466 e. The summed E-state index contributed by atoms with van der Waals surface area (Å²) in [6.45, 7) is 3.80. The summed E-state index contributed by atoms with van der Waals surface area (Å²) in [5, 5.41) is 0.0800. The van der Waals surface area contributed by atoms with Gasteiger partial charge in [0.05, 0.1) is 13.0 Å². The number of hydrogen-bond acceptors (Lipinski definition) is 4. The van der Waals surface area contributed by atoms with E-state index >= 15 is 0 Å². The average molecular weight is 231 g/mol. The molecule has 5 heteroatoms. The summed E-state index contributed by atoms with van der Waals surface area (Å²) < 4.78 is 4.99. The molecular formula is C10H17NO3S. The van der Waals surface area contributed by atoms with E-state index in [9.17, 15) is 9.59 Å². The predicted octanol–water partition coefficient (Wildman–Crippen LogP) is 1.89. The Morgan fingerprint density at radius 2 is 2.40 bits per heavy atom. The van der Waals surface area contributed by atoms with Crippen molar-refractivity contribution in [3.63, 3.8) is 0 Å². The van der Waals surface area contributed by atoms with Crippen LogP contribution in [0.25, 0.3) is 0 Å². The number of nitrogens with zero attached hydrogens (tertiary/aromatic N) is 1. The number of ether oxygens (including phenoxy) is 1. The van der Waals surface area contributed by atoms with Crippen molar-refractivity contribution in [3.05, 3.63) is 0 Å². The molecule has 1 aliphatic heterocycles. The number of unbranched alkanes of at least 4 members (excludes halogenated alkanes) is 1. The second kappa shape index (κ2) is 6.71. The van der Waals surface area contributed by atoms with Gasteiger partial charge in [0.25, 0.3) is 5.24 Å². The van der Waals surface area contributed by atoms with Crippen LogP contribution in [-0.4, -0.2) is 41.6 Å². The summed E-state index contributed by atoms with van der Waals surface area (Å²) in [6, 6.07) is 0. The Kier molecular flexibility index (Phi) is 5.53. The van der Waals surface area contributed by atoms with Crippen molar-refractivity contribution in [2.75, 3.05) is 25.4 Å². The number of carbonyl (C=O) groups excluding carboxylic acids is 2. The monoisotopic (exact) mass is 231 g/mol. The average Bonchev–Trinajstić information content (AvgIpc) is 2.61. The molecule has 0 aromatic carbocycles. The lowest BCUT2D eigenvalue weighted by molar-refractivity contribution is -0.143. The Balaban J connectivity index is 2.08. The van der Waals surface area contributed by atoms with Crippen molar-refractivity contribution in [2.45, 2.75) is 26.2 Å². The molecule has 0 spiro atoms. The number of amides is 1. The van der Waals surface area contributed by atoms with Crippen molar-refractivity contribution in [2.24, 2.45) is 0 Å². The van der Waals surface area contributed by atoms with E-state index in [-0.39, 0.29) is 11.2 Å². The van der Waals surface area contributed by atoms with Gasteiger partial charge in [-0.05, 0) is 6.42 Å². The Morgan fingerprint density at radius 3 is 3.00 bits per heavy atom. The first-order valence-electron chi connectivity index (χ1n) is 5.31. The minimum atomic E-state index is -0.201. The quantitative estimate of drug-likeness (QED) is 0.517. The molecule has 1 amide bonds. The summed E-state index contributed by atoms with van der Waals surface area (Å²) in [5.41, 5.74) is 0. The fraction of sp³-hybridized carbons (Fsp3) is 0.800. The van der Waals surface area contributed by atoms with Crippen molar-refractivity contribution < 1.29 is 14.3 Å². The Bertz CT molecular complexity index is 233. The van der Waals surface area contributed by atoms with Crippen LogP contribution in [0.2, 0.25) is 0 Å². The lowest BCUT2D eigenvalue weighted by atomic mass is 10.3. The van der Waals surface area contributed by atoms with E-state index in [0.29, 0.717) is 19.6 Å². The van der Waals surface area contributed by atoms with Crippen LogP contribution >= 0.6 is 11.8 Å². The normalized spacial score (nSPS) is 15.8. The van der Waals surface area contributed by atoms with Gasteiger partial charge in [-0.25, -0.2) is 0 Å². The molecule has 1 rings (SSSR count). The van der Waals surface area contributed by atoms with Crippen LogP contribution in [0.1, 0.15) is 26.2 Å². The standard InChI is InChI=1S/C10H17NO3S/c1-2-3-7-14-9(12)4-5-11-6-8-15-10(11)13/h2-8H2,1H3. The Hall–Kier alpha value is -0.710. The van der Waals surface area contributed by atoms with Gasteiger partial charge in [0.15, 0.2) is 0 Å². The number of esters is 1. The predicted molar refractivity (Wildman–Crippen MR) is 59.9 cm³/mol. The SMILES string of the molecule is CCCCOC(=O)CCN1CCSC1=O. The second-order valence-corrected chi connectivity index (χ2v) is 4.47. The molecule has 0 aromatic rings. The van der Waals surface area contributed by atoms with Gasteiger partial charge in [-0.2, -0.15) is 0 Å². The first-order chi connectivity index (χ1) is 7.24. The zero-order chi connectivity index (χ0) is 11.1. The highest BCUT2D eigenvalue weighted by Crippen LogP contribution is 2.17. The molecule has 1 saturated heterocycles. The van der Waals surface area contributed by atoms with Crippen LogP contribution in [0, 0.1) is 0 Å². The molecule has 15 heavy (non-hydrogen) atoms. The second-order valence-electron chi connectivity index (χ2n) is 3.43. The van der Waals surface area contributed by atoms with Gasteiger partial charge < -0.3 is 9.64 Å². The molecule has 0 unspecified atom stereocenters. The summed E-state index contributed by atoms with van der Waals surface area (Å²) in [4.78, 5) is 24.1. The summed E-state index contributed by atoms with van der Waals surface area (Å²) in [5.74, 6) is 0.636. The Morgan fingerprint density at radius 1 is 1.60 bits per heavy atom. The van der Waals surface area contributed by atoms with Crippen molar-refractivity contribution >= 4 is 23.0 Å². The molecule has 4 nitrogen and oxygen atoms in total. The van der Waals surface area contributed by atoms with E-state index in [1.807, 2.05) is 6.92 Å². The van der Waals surface area contributed by atoms with Crippen LogP contribution in [-0.2, 0) is 9.53 Å². The number of hydrogen-bond donors (Lipinski definition) is 0. The fourth-order valence-corrected chi connectivity index (χ4v) is 2.11. The maximum Gasteiger partial charge on any atom is 0.307 e. The third-order valence-corrected chi connectivity index (χ3v) is 3.08. The highest BCUT2D eigenvalue weighted by molar-refractivity contribution is 8.13. The largest absolute Gasteiger partial charge is 0.466 e. The number of thioether (sulfide) groups is 1. The van der Waals surface area contributed by atoms with Crippen LogP contribution in [0.3, 0.4) is 0 Å². The van der Waals surface area contributed by atoms with Gasteiger partial charge in [-0.1, -0.05) is 25.1 Å². The molecule has 0 radical (unpaired) electrons. The molecule has 1 heterocycles. The zero-order valence-corrected chi connectivity index (χ0v) is 9.85. The maximum absolute atomic E-state index is 11.2. The first-order valence-corrected chi connectivity index (χ1v) is 6.30. The molecule has 1 aliphatic rings. The van der Waals surface area contributed by atoms with Gasteiger partial charge in [-0.15, -0.1) is 0 Å². The molecule has 0 aliphatic carbocycles. The topological polar surface area (TPSA) is 46.6 Å². The van der Waals surface area contributed by atoms with E-state index in [2.05, 4.69) is 0 Å². The summed E-state index contributed by atoms with van der Waals surface area (Å²) in [7, 11) is 0. The van der Waals surface area contributed by atoms with Gasteiger partial charge in [0.2, 0.25) is 0 Å². The third-order valence-electron chi connectivity index (χ3n) is 2.19. The molecule has 0 atom stereocenters. The number of carbonyl (C=O) groups is 2. The van der Waals surface area contributed by atoms with Crippen LogP contribution in [0.4, 0.5) is 4.79 Å². The van der Waals surface area contributed by atoms with Crippen LogP contribution in [0.15, 0.2) is 0 Å². The number of rotatable bonds is 6. The van der Waals surface area contributed by atoms with Crippen LogP contribution in [0.5, 0.6) is 0 Å². The lowest BCUT2D eigenvalue weighted by Gasteiger charge is -2.13. The Labute approximate surface area is 94.3 Å². The molecule has 0 N–H and O–H groups in total. The van der Waals surface area contributed by atoms with Crippen molar-refractivity contribution in [3.8, 4) is 0 Å². The third kappa shape index (κ3) is 4.55. The van der Waals surface area contributed by atoms with E-state index in [1.165, 1.54) is 11.8 Å². The van der Waals surface area contributed by atoms with Gasteiger partial charge in [0.1, 0.15) is 0 Å². The molecular weight excluding hydrogens is 214 g/mol. The van der Waals surface area contributed by atoms with Gasteiger partial charge >= 0.3 is 5.97 Å². The minimum absolute atomic E-state index is 0.0800. The molecule has 1 fully saturated rings.